The fraction of sp³-hybridized carbons (Fsp3) is 0.478. The number of benzene rings is 2. The average Bonchev–Trinajstić information content (AvgIpc) is 4.15. The highest BCUT2D eigenvalue weighted by molar-refractivity contribution is 7.91. The summed E-state index contributed by atoms with van der Waals surface area (Å²) in [6, 6.07) is 17.7. The zero-order valence-electron chi connectivity index (χ0n) is 35.6. The number of carbonyl (C=O) groups is 5. The van der Waals surface area contributed by atoms with E-state index in [0.29, 0.717) is 29.6 Å². The molecule has 63 heavy (non-hydrogen) atoms. The van der Waals surface area contributed by atoms with Crippen molar-refractivity contribution in [1.82, 2.24) is 34.3 Å². The first-order chi connectivity index (χ1) is 29.8. The lowest BCUT2D eigenvalue weighted by atomic mass is 9.77. The van der Waals surface area contributed by atoms with Crippen molar-refractivity contribution in [3.63, 3.8) is 0 Å². The molecule has 4 aromatic rings. The van der Waals surface area contributed by atoms with Crippen LogP contribution in [0.2, 0.25) is 0 Å². The fourth-order valence-electron chi connectivity index (χ4n) is 9.27. The van der Waals surface area contributed by atoms with Crippen molar-refractivity contribution in [3.05, 3.63) is 91.3 Å². The summed E-state index contributed by atoms with van der Waals surface area (Å²) in [5.41, 5.74) is -0.753. The number of nitrogens with zero attached hydrogens (tertiary/aromatic N) is 5. The number of halogens is 2. The number of nitrogens with one attached hydrogen (secondary N) is 2. The normalized spacial score (nSPS) is 23.9. The number of piperidine rings is 1. The van der Waals surface area contributed by atoms with Gasteiger partial charge in [-0.15, -0.1) is 6.58 Å². The number of fused-ring (bicyclic) bond motifs is 3. The number of para-hydroxylation sites is 2. The Hall–Kier alpha value is -5.71. The van der Waals surface area contributed by atoms with Crippen molar-refractivity contribution in [3.8, 4) is 0 Å². The Kier molecular flexibility index (Phi) is 11.5. The molecular weight excluding hydrogens is 833 g/mol. The van der Waals surface area contributed by atoms with Gasteiger partial charge in [-0.25, -0.2) is 22.0 Å². The Morgan fingerprint density at radius 3 is 2.21 bits per heavy atom. The monoisotopic (exact) mass is 885 g/mol. The average molecular weight is 886 g/mol. The van der Waals surface area contributed by atoms with E-state index in [1.54, 1.807) is 54.6 Å². The Balaban J connectivity index is 1.17. The van der Waals surface area contributed by atoms with E-state index in [2.05, 4.69) is 21.6 Å². The minimum atomic E-state index is -3.99. The molecule has 4 fully saturated rings. The second-order valence-electron chi connectivity index (χ2n) is 18.6. The Bertz CT molecular complexity index is 2540. The zero-order chi connectivity index (χ0) is 45.1. The van der Waals surface area contributed by atoms with Gasteiger partial charge in [0, 0.05) is 48.8 Å². The Morgan fingerprint density at radius 2 is 1.63 bits per heavy atom. The molecule has 5 atom stereocenters. The van der Waals surface area contributed by atoms with E-state index in [1.807, 2.05) is 48.5 Å². The van der Waals surface area contributed by atoms with Crippen molar-refractivity contribution >= 4 is 61.5 Å². The molecule has 2 N–H and O–H groups in total. The van der Waals surface area contributed by atoms with E-state index in [1.165, 1.54) is 11.0 Å². The first-order valence-corrected chi connectivity index (χ1v) is 23.0. The SMILES string of the molecule is C=C[C@@H]1C[C@]1(NC(=O)[C@@H]1C[C@@H](N(Cc2ccccn2)C(=O)n2c3ccccc3c3ccccc32)CN1C(=O)[C@@H](CC(=O)N1CCCC(F)(F)C1)C(C)(C)C)C(=O)NS(=O)(=O)C1CC1. The highest BCUT2D eigenvalue weighted by Crippen LogP contribution is 2.46. The molecule has 0 unspecified atom stereocenters. The van der Waals surface area contributed by atoms with Crippen molar-refractivity contribution in [2.45, 2.75) is 101 Å². The van der Waals surface area contributed by atoms with Crippen LogP contribution in [0.15, 0.2) is 85.6 Å². The van der Waals surface area contributed by atoms with Gasteiger partial charge in [0.2, 0.25) is 27.7 Å². The third kappa shape index (κ3) is 8.68. The zero-order valence-corrected chi connectivity index (χ0v) is 36.5. The van der Waals surface area contributed by atoms with Gasteiger partial charge >= 0.3 is 6.03 Å². The van der Waals surface area contributed by atoms with E-state index in [0.717, 1.165) is 15.7 Å². The number of hydrogen-bond donors (Lipinski definition) is 2. The molecule has 2 saturated carbocycles. The number of sulfonamides is 1. The minimum Gasteiger partial charge on any atom is -0.339 e. The highest BCUT2D eigenvalue weighted by atomic mass is 32.2. The Morgan fingerprint density at radius 1 is 0.984 bits per heavy atom. The molecule has 0 spiro atoms. The first-order valence-electron chi connectivity index (χ1n) is 21.5. The predicted octanol–water partition coefficient (Wildman–Crippen LogP) is 5.61. The number of hydrogen-bond acceptors (Lipinski definition) is 8. The number of aromatic nitrogens is 2. The molecule has 0 bridgehead atoms. The van der Waals surface area contributed by atoms with Crippen LogP contribution < -0.4 is 10.0 Å². The van der Waals surface area contributed by atoms with Crippen LogP contribution in [0.4, 0.5) is 13.6 Å². The van der Waals surface area contributed by atoms with E-state index in [-0.39, 0.29) is 45.3 Å². The number of likely N-dealkylation sites (tertiary alicyclic amines) is 2. The van der Waals surface area contributed by atoms with Crippen molar-refractivity contribution in [1.29, 1.82) is 0 Å². The summed E-state index contributed by atoms with van der Waals surface area (Å²) in [6.07, 6.45) is 3.21. The lowest BCUT2D eigenvalue weighted by Gasteiger charge is -2.38. The van der Waals surface area contributed by atoms with Gasteiger partial charge in [-0.05, 0) is 61.8 Å². The minimum absolute atomic E-state index is 0.0180. The topological polar surface area (TPSA) is 171 Å². The van der Waals surface area contributed by atoms with Crippen molar-refractivity contribution in [2.24, 2.45) is 17.3 Å². The van der Waals surface area contributed by atoms with Crippen LogP contribution in [-0.4, -0.2) is 111 Å². The molecular formula is C46H53F2N7O7S. The van der Waals surface area contributed by atoms with Gasteiger partial charge in [-0.3, -0.25) is 33.5 Å². The molecule has 2 aromatic heterocycles. The third-order valence-electron chi connectivity index (χ3n) is 13.1. The maximum Gasteiger partial charge on any atom is 0.329 e. The largest absolute Gasteiger partial charge is 0.339 e. The summed E-state index contributed by atoms with van der Waals surface area (Å²) in [5, 5.41) is 3.80. The predicted molar refractivity (Wildman–Crippen MR) is 232 cm³/mol. The van der Waals surface area contributed by atoms with Crippen LogP contribution >= 0.6 is 0 Å². The smallest absolute Gasteiger partial charge is 0.329 e. The summed E-state index contributed by atoms with van der Waals surface area (Å²) in [4.78, 5) is 81.3. The van der Waals surface area contributed by atoms with E-state index >= 15 is 9.59 Å². The number of amides is 5. The van der Waals surface area contributed by atoms with Crippen LogP contribution in [-0.2, 0) is 35.7 Å². The summed E-state index contributed by atoms with van der Waals surface area (Å²) >= 11 is 0. The molecule has 2 saturated heterocycles. The molecule has 4 heterocycles. The van der Waals surface area contributed by atoms with E-state index in [9.17, 15) is 31.6 Å². The second kappa shape index (κ2) is 16.4. The van der Waals surface area contributed by atoms with Crippen LogP contribution in [0.1, 0.15) is 71.4 Å². The number of carbonyl (C=O) groups excluding carboxylic acids is 5. The molecule has 2 aliphatic carbocycles. The molecule has 8 rings (SSSR count). The molecule has 14 nitrogen and oxygen atoms in total. The van der Waals surface area contributed by atoms with Gasteiger partial charge in [0.05, 0.1) is 47.0 Å². The van der Waals surface area contributed by atoms with E-state index in [4.69, 9.17) is 0 Å². The Labute approximate surface area is 365 Å². The number of alkyl halides is 2. The summed E-state index contributed by atoms with van der Waals surface area (Å²) in [6.45, 7) is 8.25. The number of rotatable bonds is 12. The van der Waals surface area contributed by atoms with Gasteiger partial charge in [0.15, 0.2) is 0 Å². The lowest BCUT2D eigenvalue weighted by Crippen LogP contribution is -2.57. The maximum absolute atomic E-state index is 15.3. The van der Waals surface area contributed by atoms with Crippen LogP contribution in [0.25, 0.3) is 21.8 Å². The fourth-order valence-corrected chi connectivity index (χ4v) is 10.6. The highest BCUT2D eigenvalue weighted by Gasteiger charge is 2.62. The maximum atomic E-state index is 15.3. The van der Waals surface area contributed by atoms with Crippen molar-refractivity contribution in [2.75, 3.05) is 19.6 Å². The molecule has 4 aliphatic rings. The quantitative estimate of drug-likeness (QED) is 0.173. The van der Waals surface area contributed by atoms with Crippen LogP contribution in [0, 0.1) is 17.3 Å². The molecule has 2 aliphatic heterocycles. The third-order valence-corrected chi connectivity index (χ3v) is 14.9. The van der Waals surface area contributed by atoms with Crippen LogP contribution in [0.3, 0.4) is 0 Å². The summed E-state index contributed by atoms with van der Waals surface area (Å²) in [7, 11) is -3.99. The van der Waals surface area contributed by atoms with Gasteiger partial charge in [-0.1, -0.05) is 69.3 Å². The van der Waals surface area contributed by atoms with Crippen molar-refractivity contribution < 1.29 is 41.2 Å². The molecule has 334 valence electrons. The lowest BCUT2D eigenvalue weighted by molar-refractivity contribution is -0.151. The molecule has 5 amide bonds. The molecule has 17 heteroatoms. The van der Waals surface area contributed by atoms with Gasteiger partial charge in [0.25, 0.3) is 11.8 Å². The van der Waals surface area contributed by atoms with Gasteiger partial charge in [-0.2, -0.15) is 0 Å². The standard InChI is InChI=1S/C46H53F2N7O7S/c1-5-29-25-46(29,42(59)51-63(61,62)32-18-19-32)50-40(57)38-23-31(27-54(38)41(58)35(44(2,3)4)24-39(56)52-22-12-20-45(47,48)28-52)53(26-30-13-10-11-21-49-30)43(60)55-36-16-8-6-14-33(36)34-15-7-9-17-37(34)55/h5-11,13-17,21,29,31-32,35,38H,1,12,18-20,22-28H2,2-4H3,(H,50,57)(H,51,59)/t29-,31-,35-,38+,46-/m1/s1. The summed E-state index contributed by atoms with van der Waals surface area (Å²) in [5.74, 6) is -7.65. The number of pyridine rings is 1. The molecule has 0 radical (unpaired) electrons. The molecule has 2 aromatic carbocycles. The van der Waals surface area contributed by atoms with E-state index < -0.39 is 98.7 Å². The summed E-state index contributed by atoms with van der Waals surface area (Å²) < 4.78 is 58.6. The van der Waals surface area contributed by atoms with Gasteiger partial charge in [0.1, 0.15) is 11.6 Å². The second-order valence-corrected chi connectivity index (χ2v) is 20.5. The van der Waals surface area contributed by atoms with Gasteiger partial charge < -0.3 is 20.0 Å². The first kappa shape index (κ1) is 43.9. The van der Waals surface area contributed by atoms with Crippen LogP contribution in [0.5, 0.6) is 0 Å².